The fourth-order valence-electron chi connectivity index (χ4n) is 1.88. The van der Waals surface area contributed by atoms with Crippen molar-refractivity contribution < 1.29 is 9.53 Å². The van der Waals surface area contributed by atoms with E-state index in [2.05, 4.69) is 11.4 Å². The Kier molecular flexibility index (Phi) is 4.39. The van der Waals surface area contributed by atoms with Crippen molar-refractivity contribution in [3.8, 4) is 0 Å². The minimum Gasteiger partial charge on any atom is -0.444 e. The summed E-state index contributed by atoms with van der Waals surface area (Å²) in [7, 11) is 0. The molecular weight excluding hydrogens is 202 g/mol. The third-order valence-electron chi connectivity index (χ3n) is 2.47. The van der Waals surface area contributed by atoms with Crippen LogP contribution in [-0.2, 0) is 4.74 Å². The van der Waals surface area contributed by atoms with Crippen LogP contribution in [0.5, 0.6) is 0 Å². The first-order valence-electron chi connectivity index (χ1n) is 6.04. The fraction of sp³-hybridized carbons (Fsp3) is 0.769. The maximum Gasteiger partial charge on any atom is 0.407 e. The Hall–Kier alpha value is -0.990. The van der Waals surface area contributed by atoms with Gasteiger partial charge in [0, 0.05) is 6.04 Å². The lowest BCUT2D eigenvalue weighted by molar-refractivity contribution is 0.0508. The van der Waals surface area contributed by atoms with Crippen molar-refractivity contribution in [2.24, 2.45) is 0 Å². The van der Waals surface area contributed by atoms with Crippen LogP contribution >= 0.6 is 0 Å². The van der Waals surface area contributed by atoms with E-state index in [1.807, 2.05) is 27.7 Å². The summed E-state index contributed by atoms with van der Waals surface area (Å²) in [6.45, 7) is 7.63. The first-order valence-corrected chi connectivity index (χ1v) is 6.04. The molecule has 0 radical (unpaired) electrons. The zero-order valence-corrected chi connectivity index (χ0v) is 10.8. The van der Waals surface area contributed by atoms with Gasteiger partial charge in [-0.3, -0.25) is 0 Å². The minimum absolute atomic E-state index is 0.152. The summed E-state index contributed by atoms with van der Waals surface area (Å²) < 4.78 is 5.20. The highest BCUT2D eigenvalue weighted by Gasteiger charge is 2.18. The first kappa shape index (κ1) is 13.1. The van der Waals surface area contributed by atoms with Gasteiger partial charge in [-0.1, -0.05) is 11.6 Å². The van der Waals surface area contributed by atoms with E-state index < -0.39 is 5.60 Å². The van der Waals surface area contributed by atoms with E-state index in [1.165, 1.54) is 24.8 Å². The summed E-state index contributed by atoms with van der Waals surface area (Å²) in [6, 6.07) is 0.152. The molecule has 0 aromatic rings. The van der Waals surface area contributed by atoms with Gasteiger partial charge >= 0.3 is 6.09 Å². The molecule has 0 aromatic heterocycles. The SMILES string of the molecule is CC(CC1=CCCC1)NC(=O)OC(C)(C)C. The highest BCUT2D eigenvalue weighted by Crippen LogP contribution is 2.21. The number of hydrogen-bond donors (Lipinski definition) is 1. The summed E-state index contributed by atoms with van der Waals surface area (Å²) >= 11 is 0. The van der Waals surface area contributed by atoms with Crippen molar-refractivity contribution in [1.82, 2.24) is 5.32 Å². The van der Waals surface area contributed by atoms with E-state index in [9.17, 15) is 4.79 Å². The van der Waals surface area contributed by atoms with Gasteiger partial charge in [0.05, 0.1) is 0 Å². The van der Waals surface area contributed by atoms with Gasteiger partial charge in [0.25, 0.3) is 0 Å². The van der Waals surface area contributed by atoms with Crippen LogP contribution in [0.4, 0.5) is 4.79 Å². The molecule has 1 unspecified atom stereocenters. The molecule has 92 valence electrons. The molecule has 3 heteroatoms. The van der Waals surface area contributed by atoms with E-state index in [0.29, 0.717) is 0 Å². The van der Waals surface area contributed by atoms with Crippen LogP contribution in [0.3, 0.4) is 0 Å². The van der Waals surface area contributed by atoms with Crippen LogP contribution in [0.25, 0.3) is 0 Å². The summed E-state index contributed by atoms with van der Waals surface area (Å²) in [5.74, 6) is 0. The summed E-state index contributed by atoms with van der Waals surface area (Å²) in [5.41, 5.74) is 1.04. The molecule has 16 heavy (non-hydrogen) atoms. The Labute approximate surface area is 98.2 Å². The Morgan fingerprint density at radius 2 is 2.25 bits per heavy atom. The Morgan fingerprint density at radius 1 is 1.56 bits per heavy atom. The average Bonchev–Trinajstić information content (AvgIpc) is 2.51. The molecule has 0 saturated heterocycles. The second kappa shape index (κ2) is 5.37. The fourth-order valence-corrected chi connectivity index (χ4v) is 1.88. The number of amides is 1. The van der Waals surface area contributed by atoms with Crippen molar-refractivity contribution in [1.29, 1.82) is 0 Å². The van der Waals surface area contributed by atoms with Gasteiger partial charge in [-0.2, -0.15) is 0 Å². The summed E-state index contributed by atoms with van der Waals surface area (Å²) in [4.78, 5) is 11.5. The quantitative estimate of drug-likeness (QED) is 0.747. The van der Waals surface area contributed by atoms with Crippen LogP contribution in [0.2, 0.25) is 0 Å². The lowest BCUT2D eigenvalue weighted by Crippen LogP contribution is -2.37. The minimum atomic E-state index is -0.420. The van der Waals surface area contributed by atoms with Gasteiger partial charge in [-0.25, -0.2) is 4.79 Å². The molecule has 3 nitrogen and oxygen atoms in total. The molecule has 1 N–H and O–H groups in total. The van der Waals surface area contributed by atoms with Crippen molar-refractivity contribution in [3.05, 3.63) is 11.6 Å². The molecule has 1 rings (SSSR count). The zero-order chi connectivity index (χ0) is 12.2. The summed E-state index contributed by atoms with van der Waals surface area (Å²) in [6.07, 6.45) is 6.54. The number of ether oxygens (including phenoxy) is 1. The third kappa shape index (κ3) is 5.19. The standard InChI is InChI=1S/C13H23NO2/c1-10(9-11-7-5-6-8-11)14-12(15)16-13(2,3)4/h7,10H,5-6,8-9H2,1-4H3,(H,14,15). The number of allylic oxidation sites excluding steroid dienone is 1. The van der Waals surface area contributed by atoms with Crippen molar-refractivity contribution in [3.63, 3.8) is 0 Å². The van der Waals surface area contributed by atoms with E-state index in [-0.39, 0.29) is 12.1 Å². The predicted octanol–water partition coefficient (Wildman–Crippen LogP) is 3.40. The largest absolute Gasteiger partial charge is 0.444 e. The average molecular weight is 225 g/mol. The van der Waals surface area contributed by atoms with Crippen molar-refractivity contribution in [2.75, 3.05) is 0 Å². The number of nitrogens with one attached hydrogen (secondary N) is 1. The number of rotatable bonds is 3. The Bertz CT molecular complexity index is 276. The number of hydrogen-bond acceptors (Lipinski definition) is 2. The molecule has 0 aromatic carbocycles. The number of carbonyl (C=O) groups is 1. The molecule has 1 amide bonds. The topological polar surface area (TPSA) is 38.3 Å². The van der Waals surface area contributed by atoms with Crippen LogP contribution in [0.1, 0.15) is 53.4 Å². The van der Waals surface area contributed by atoms with Gasteiger partial charge in [-0.05, 0) is 53.4 Å². The summed E-state index contributed by atoms with van der Waals surface area (Å²) in [5, 5.41) is 2.86. The van der Waals surface area contributed by atoms with Gasteiger partial charge < -0.3 is 10.1 Å². The molecule has 0 saturated carbocycles. The lowest BCUT2D eigenvalue weighted by atomic mass is 10.1. The molecule has 0 aliphatic heterocycles. The first-order chi connectivity index (χ1) is 7.37. The van der Waals surface area contributed by atoms with Gasteiger partial charge in [-0.15, -0.1) is 0 Å². The van der Waals surface area contributed by atoms with E-state index in [1.54, 1.807) is 0 Å². The van der Waals surface area contributed by atoms with E-state index in [0.717, 1.165) is 6.42 Å². The lowest BCUT2D eigenvalue weighted by Gasteiger charge is -2.22. The van der Waals surface area contributed by atoms with Crippen LogP contribution in [0, 0.1) is 0 Å². The normalized spacial score (nSPS) is 17.9. The van der Waals surface area contributed by atoms with Crippen molar-refractivity contribution in [2.45, 2.75) is 65.0 Å². The van der Waals surface area contributed by atoms with Crippen molar-refractivity contribution >= 4 is 6.09 Å². The molecule has 1 aliphatic carbocycles. The predicted molar refractivity (Wildman–Crippen MR) is 65.4 cm³/mol. The van der Waals surface area contributed by atoms with Gasteiger partial charge in [0.1, 0.15) is 5.60 Å². The Morgan fingerprint density at radius 3 is 2.75 bits per heavy atom. The smallest absolute Gasteiger partial charge is 0.407 e. The monoisotopic (exact) mass is 225 g/mol. The molecule has 0 spiro atoms. The molecule has 1 aliphatic rings. The second-order valence-corrected chi connectivity index (χ2v) is 5.51. The molecule has 0 heterocycles. The van der Waals surface area contributed by atoms with E-state index in [4.69, 9.17) is 4.74 Å². The number of carbonyl (C=O) groups excluding carboxylic acids is 1. The second-order valence-electron chi connectivity index (χ2n) is 5.51. The highest BCUT2D eigenvalue weighted by molar-refractivity contribution is 5.68. The maximum atomic E-state index is 11.5. The molecular formula is C13H23NO2. The van der Waals surface area contributed by atoms with Crippen LogP contribution in [0.15, 0.2) is 11.6 Å². The van der Waals surface area contributed by atoms with Crippen LogP contribution < -0.4 is 5.32 Å². The van der Waals surface area contributed by atoms with E-state index >= 15 is 0 Å². The maximum absolute atomic E-state index is 11.5. The van der Waals surface area contributed by atoms with Crippen LogP contribution in [-0.4, -0.2) is 17.7 Å². The third-order valence-corrected chi connectivity index (χ3v) is 2.47. The molecule has 0 bridgehead atoms. The van der Waals surface area contributed by atoms with Gasteiger partial charge in [0.15, 0.2) is 0 Å². The Balaban J connectivity index is 2.28. The van der Waals surface area contributed by atoms with Gasteiger partial charge in [0.2, 0.25) is 0 Å². The number of alkyl carbamates (subject to hydrolysis) is 1. The molecule has 0 fully saturated rings. The zero-order valence-electron chi connectivity index (χ0n) is 10.8. The molecule has 1 atom stereocenters. The highest BCUT2D eigenvalue weighted by atomic mass is 16.6.